The van der Waals surface area contributed by atoms with Crippen molar-refractivity contribution in [1.29, 1.82) is 0 Å². The number of aromatic nitrogens is 1. The third-order valence-electron chi connectivity index (χ3n) is 2.77. The van der Waals surface area contributed by atoms with Gasteiger partial charge in [-0.25, -0.2) is 4.98 Å². The first-order valence-electron chi connectivity index (χ1n) is 5.46. The summed E-state index contributed by atoms with van der Waals surface area (Å²) in [5, 5.41) is 11.2. The fourth-order valence-corrected chi connectivity index (χ4v) is 3.13. The predicted octanol–water partition coefficient (Wildman–Crippen LogP) is 3.84. The number of rotatable bonds is 2. The molecule has 0 amide bonds. The monoisotopic (exact) mass is 293 g/mol. The highest BCUT2D eigenvalue weighted by Crippen LogP contribution is 2.43. The first-order valence-corrected chi connectivity index (χ1v) is 6.83. The first-order chi connectivity index (χ1) is 9.15. The molecule has 96 valence electrons. The normalized spacial score (nSPS) is 13.4. The lowest BCUT2D eigenvalue weighted by Gasteiger charge is -2.17. The van der Waals surface area contributed by atoms with E-state index in [2.05, 4.69) is 4.98 Å². The van der Waals surface area contributed by atoms with Gasteiger partial charge in [-0.1, -0.05) is 17.7 Å². The number of nitro groups is 1. The van der Waals surface area contributed by atoms with Crippen molar-refractivity contribution in [3.05, 3.63) is 51.7 Å². The molecule has 7 heteroatoms. The number of thioether (sulfide) groups is 1. The first kappa shape index (κ1) is 12.3. The van der Waals surface area contributed by atoms with Crippen LogP contribution in [0.2, 0.25) is 5.15 Å². The molecule has 0 spiro atoms. The zero-order chi connectivity index (χ0) is 13.4. The second-order valence-corrected chi connectivity index (χ2v) is 5.30. The predicted molar refractivity (Wildman–Crippen MR) is 75.2 cm³/mol. The van der Waals surface area contributed by atoms with E-state index in [1.807, 2.05) is 17.0 Å². The largest absolute Gasteiger partial charge is 0.315 e. The Morgan fingerprint density at radius 2 is 2.21 bits per heavy atom. The molecule has 0 aliphatic carbocycles. The van der Waals surface area contributed by atoms with Crippen LogP contribution in [0, 0.1) is 10.1 Å². The number of benzene rings is 1. The number of hydrogen-bond acceptors (Lipinski definition) is 5. The third-order valence-corrected chi connectivity index (χ3v) is 4.01. The molecule has 0 radical (unpaired) electrons. The molecule has 3 rings (SSSR count). The van der Waals surface area contributed by atoms with Gasteiger partial charge in [0.25, 0.3) is 5.69 Å². The van der Waals surface area contributed by atoms with Gasteiger partial charge in [-0.15, -0.1) is 11.8 Å². The number of hydrogen-bond donors (Lipinski definition) is 0. The van der Waals surface area contributed by atoms with Crippen LogP contribution in [0.3, 0.4) is 0 Å². The van der Waals surface area contributed by atoms with Gasteiger partial charge in [-0.2, -0.15) is 0 Å². The number of halogens is 1. The number of anilines is 2. The fraction of sp³-hybridized carbons (Fsp3) is 0.0833. The van der Waals surface area contributed by atoms with Gasteiger partial charge in [0.2, 0.25) is 0 Å². The van der Waals surface area contributed by atoms with Crippen LogP contribution in [0.25, 0.3) is 0 Å². The highest BCUT2D eigenvalue weighted by molar-refractivity contribution is 7.99. The molecule has 1 aliphatic rings. The van der Waals surface area contributed by atoms with Crippen molar-refractivity contribution in [3.63, 3.8) is 0 Å². The molecule has 0 N–H and O–H groups in total. The summed E-state index contributed by atoms with van der Waals surface area (Å²) in [4.78, 5) is 17.5. The van der Waals surface area contributed by atoms with Gasteiger partial charge in [-0.05, 0) is 18.2 Å². The Bertz CT molecular complexity index is 665. The number of pyridine rings is 1. The van der Waals surface area contributed by atoms with Gasteiger partial charge in [0.1, 0.15) is 11.0 Å². The van der Waals surface area contributed by atoms with E-state index in [-0.39, 0.29) is 10.6 Å². The van der Waals surface area contributed by atoms with Crippen LogP contribution in [-0.4, -0.2) is 15.8 Å². The average molecular weight is 294 g/mol. The summed E-state index contributed by atoms with van der Waals surface area (Å²) in [6.07, 6.45) is 0. The van der Waals surface area contributed by atoms with Crippen molar-refractivity contribution in [3.8, 4) is 0 Å². The van der Waals surface area contributed by atoms with Crippen LogP contribution in [-0.2, 0) is 0 Å². The Labute approximate surface area is 118 Å². The van der Waals surface area contributed by atoms with Crippen LogP contribution in [0.5, 0.6) is 0 Å². The van der Waals surface area contributed by atoms with Crippen molar-refractivity contribution in [1.82, 2.24) is 4.98 Å². The highest BCUT2D eigenvalue weighted by atomic mass is 35.5. The smallest absolute Gasteiger partial charge is 0.270 e. The van der Waals surface area contributed by atoms with Crippen molar-refractivity contribution >= 4 is 40.6 Å². The quantitative estimate of drug-likeness (QED) is 0.478. The highest BCUT2D eigenvalue weighted by Gasteiger charge is 2.24. The summed E-state index contributed by atoms with van der Waals surface area (Å²) >= 11 is 7.43. The molecule has 1 aromatic heterocycles. The summed E-state index contributed by atoms with van der Waals surface area (Å²) < 4.78 is 0. The van der Waals surface area contributed by atoms with E-state index in [4.69, 9.17) is 11.6 Å². The summed E-state index contributed by atoms with van der Waals surface area (Å²) in [5.74, 6) is 1.41. The number of nitro benzene ring substituents is 1. The number of non-ortho nitro benzene ring substituents is 1. The second kappa shape index (κ2) is 4.71. The molecular formula is C12H8ClN3O2S. The minimum Gasteiger partial charge on any atom is -0.315 e. The summed E-state index contributed by atoms with van der Waals surface area (Å²) in [5.41, 5.74) is 1.03. The molecule has 1 aliphatic heterocycles. The van der Waals surface area contributed by atoms with Crippen LogP contribution < -0.4 is 4.90 Å². The topological polar surface area (TPSA) is 59.3 Å². The lowest BCUT2D eigenvalue weighted by Crippen LogP contribution is -2.12. The van der Waals surface area contributed by atoms with Crippen molar-refractivity contribution in [2.75, 3.05) is 10.8 Å². The molecule has 2 aromatic rings. The molecule has 0 saturated carbocycles. The average Bonchev–Trinajstić information content (AvgIpc) is 2.81. The van der Waals surface area contributed by atoms with Gasteiger partial charge in [0, 0.05) is 17.0 Å². The molecule has 0 atom stereocenters. The van der Waals surface area contributed by atoms with E-state index < -0.39 is 0 Å². The van der Waals surface area contributed by atoms with E-state index in [1.54, 1.807) is 30.0 Å². The standard InChI is InChI=1S/C12H8ClN3O2S/c13-11-2-1-3-12(14-11)15-7-19-10-6-8(16(17)18)4-5-9(10)15/h1-6H,7H2. The van der Waals surface area contributed by atoms with Crippen LogP contribution in [0.15, 0.2) is 41.3 Å². The maximum absolute atomic E-state index is 10.7. The Balaban J connectivity index is 2.01. The summed E-state index contributed by atoms with van der Waals surface area (Å²) in [6.45, 7) is 0. The second-order valence-electron chi connectivity index (χ2n) is 3.93. The van der Waals surface area contributed by atoms with Gasteiger partial charge >= 0.3 is 0 Å². The SMILES string of the molecule is O=[N+]([O-])c1ccc2c(c1)SCN2c1cccc(Cl)n1. The minimum absolute atomic E-state index is 0.104. The fourth-order valence-electron chi connectivity index (χ4n) is 1.90. The molecule has 1 aromatic carbocycles. The molecule has 5 nitrogen and oxygen atoms in total. The lowest BCUT2D eigenvalue weighted by molar-refractivity contribution is -0.385. The Morgan fingerprint density at radius 1 is 1.37 bits per heavy atom. The summed E-state index contributed by atoms with van der Waals surface area (Å²) in [6, 6.07) is 10.2. The van der Waals surface area contributed by atoms with Crippen molar-refractivity contribution in [2.24, 2.45) is 0 Å². The van der Waals surface area contributed by atoms with Crippen LogP contribution in [0.4, 0.5) is 17.2 Å². The molecule has 2 heterocycles. The zero-order valence-electron chi connectivity index (χ0n) is 9.62. The Hall–Kier alpha value is -1.79. The van der Waals surface area contributed by atoms with E-state index in [0.29, 0.717) is 11.0 Å². The van der Waals surface area contributed by atoms with Crippen LogP contribution in [0.1, 0.15) is 0 Å². The number of fused-ring (bicyclic) bond motifs is 1. The summed E-state index contributed by atoms with van der Waals surface area (Å²) in [7, 11) is 0. The minimum atomic E-state index is -0.388. The molecule has 19 heavy (non-hydrogen) atoms. The van der Waals surface area contributed by atoms with E-state index in [9.17, 15) is 10.1 Å². The van der Waals surface area contributed by atoms with Gasteiger partial charge in [-0.3, -0.25) is 10.1 Å². The molecule has 0 saturated heterocycles. The van der Waals surface area contributed by atoms with E-state index in [0.717, 1.165) is 16.4 Å². The number of nitrogens with zero attached hydrogens (tertiary/aromatic N) is 3. The Morgan fingerprint density at radius 3 is 2.95 bits per heavy atom. The third kappa shape index (κ3) is 2.24. The zero-order valence-corrected chi connectivity index (χ0v) is 11.2. The molecular weight excluding hydrogens is 286 g/mol. The molecule has 0 unspecified atom stereocenters. The van der Waals surface area contributed by atoms with Crippen molar-refractivity contribution < 1.29 is 4.92 Å². The lowest BCUT2D eigenvalue weighted by atomic mass is 10.2. The van der Waals surface area contributed by atoms with Gasteiger partial charge in [0.15, 0.2) is 0 Å². The van der Waals surface area contributed by atoms with E-state index >= 15 is 0 Å². The van der Waals surface area contributed by atoms with E-state index in [1.165, 1.54) is 6.07 Å². The Kier molecular flexibility index (Phi) is 3.04. The molecule has 0 fully saturated rings. The molecule has 0 bridgehead atoms. The van der Waals surface area contributed by atoms with Crippen LogP contribution >= 0.6 is 23.4 Å². The maximum Gasteiger partial charge on any atom is 0.270 e. The maximum atomic E-state index is 10.7. The van der Waals surface area contributed by atoms with Gasteiger partial charge < -0.3 is 4.90 Å². The van der Waals surface area contributed by atoms with Crippen molar-refractivity contribution in [2.45, 2.75) is 4.90 Å². The van der Waals surface area contributed by atoms with Gasteiger partial charge in [0.05, 0.1) is 16.5 Å².